The van der Waals surface area contributed by atoms with E-state index in [1.165, 1.54) is 16.9 Å². The van der Waals surface area contributed by atoms with Crippen molar-refractivity contribution in [2.45, 2.75) is 56.8 Å². The normalized spacial score (nSPS) is 20.6. The summed E-state index contributed by atoms with van der Waals surface area (Å²) in [5.41, 5.74) is 1.42. The zero-order chi connectivity index (χ0) is 16.5. The van der Waals surface area contributed by atoms with Crippen LogP contribution in [0.4, 0.5) is 0 Å². The lowest BCUT2D eigenvalue weighted by atomic mass is 10.2. The Balaban J connectivity index is 1.68. The van der Waals surface area contributed by atoms with Crippen molar-refractivity contribution in [3.05, 3.63) is 20.8 Å². The minimum Gasteiger partial charge on any atom is -0.355 e. The van der Waals surface area contributed by atoms with Crippen molar-refractivity contribution < 1.29 is 9.47 Å². The highest BCUT2D eigenvalue weighted by Crippen LogP contribution is 2.35. The fraction of sp³-hybridized carbons (Fsp3) is 0.647. The average molecular weight is 367 g/mol. The average Bonchev–Trinajstić information content (AvgIpc) is 3.17. The fourth-order valence-electron chi connectivity index (χ4n) is 3.39. The third-order valence-electron chi connectivity index (χ3n) is 4.61. The first-order valence-electron chi connectivity index (χ1n) is 8.65. The largest absolute Gasteiger partial charge is 0.355 e. The molecule has 0 unspecified atom stereocenters. The van der Waals surface area contributed by atoms with Crippen molar-refractivity contribution in [1.29, 1.82) is 0 Å². The van der Waals surface area contributed by atoms with Crippen LogP contribution in [0.2, 0.25) is 0 Å². The molecule has 4 rings (SSSR count). The number of hydrogen-bond donors (Lipinski definition) is 0. The van der Waals surface area contributed by atoms with Gasteiger partial charge in [0, 0.05) is 17.2 Å². The maximum absolute atomic E-state index is 13.1. The second kappa shape index (κ2) is 7.15. The summed E-state index contributed by atoms with van der Waals surface area (Å²) in [4.78, 5) is 20.2. The highest BCUT2D eigenvalue weighted by Gasteiger charge is 2.24. The first-order chi connectivity index (χ1) is 11.8. The van der Waals surface area contributed by atoms with Gasteiger partial charge in [-0.05, 0) is 37.7 Å². The number of aryl methyl sites for hydroxylation is 2. The van der Waals surface area contributed by atoms with E-state index < -0.39 is 0 Å². The summed E-state index contributed by atoms with van der Waals surface area (Å²) < 4.78 is 12.7. The molecule has 5 nitrogen and oxygen atoms in total. The molecule has 130 valence electrons. The van der Waals surface area contributed by atoms with Gasteiger partial charge in [0.1, 0.15) is 11.6 Å². The lowest BCUT2D eigenvalue weighted by Gasteiger charge is -2.22. The SMILES string of the molecule is CCCn1c(SC[C@@H]2CCOCO2)nc2sc3c(c2c1=O)CCC3. The number of nitrogens with zero attached hydrogens (tertiary/aromatic N) is 2. The molecule has 2 aromatic heterocycles. The van der Waals surface area contributed by atoms with Gasteiger partial charge in [-0.3, -0.25) is 9.36 Å². The molecule has 3 heterocycles. The van der Waals surface area contributed by atoms with Crippen LogP contribution >= 0.6 is 23.1 Å². The van der Waals surface area contributed by atoms with Crippen LogP contribution in [0, 0.1) is 0 Å². The first-order valence-corrected chi connectivity index (χ1v) is 10.5. The smallest absolute Gasteiger partial charge is 0.263 e. The van der Waals surface area contributed by atoms with Gasteiger partial charge in [-0.2, -0.15) is 0 Å². The summed E-state index contributed by atoms with van der Waals surface area (Å²) in [7, 11) is 0. The molecule has 24 heavy (non-hydrogen) atoms. The van der Waals surface area contributed by atoms with E-state index in [1.54, 1.807) is 23.1 Å². The summed E-state index contributed by atoms with van der Waals surface area (Å²) in [5, 5.41) is 1.72. The maximum Gasteiger partial charge on any atom is 0.263 e. The predicted molar refractivity (Wildman–Crippen MR) is 97.2 cm³/mol. The molecule has 2 aliphatic rings. The van der Waals surface area contributed by atoms with Crippen molar-refractivity contribution in [3.8, 4) is 0 Å². The van der Waals surface area contributed by atoms with Crippen LogP contribution in [0.1, 0.15) is 36.6 Å². The van der Waals surface area contributed by atoms with E-state index in [9.17, 15) is 4.79 Å². The van der Waals surface area contributed by atoms with E-state index in [0.717, 1.165) is 60.0 Å². The Hall–Kier alpha value is -0.890. The van der Waals surface area contributed by atoms with Gasteiger partial charge in [0.25, 0.3) is 5.56 Å². The molecule has 0 N–H and O–H groups in total. The van der Waals surface area contributed by atoms with E-state index in [2.05, 4.69) is 6.92 Å². The molecule has 1 aliphatic carbocycles. The van der Waals surface area contributed by atoms with Gasteiger partial charge in [0.15, 0.2) is 5.16 Å². The Kier molecular flexibility index (Phi) is 4.94. The molecular formula is C17H22N2O3S2. The van der Waals surface area contributed by atoms with Crippen LogP contribution in [0.5, 0.6) is 0 Å². The van der Waals surface area contributed by atoms with Gasteiger partial charge in [-0.15, -0.1) is 11.3 Å². The van der Waals surface area contributed by atoms with Crippen molar-refractivity contribution in [1.82, 2.24) is 9.55 Å². The number of rotatable bonds is 5. The third-order valence-corrected chi connectivity index (χ3v) is 6.90. The van der Waals surface area contributed by atoms with E-state index in [-0.39, 0.29) is 11.7 Å². The highest BCUT2D eigenvalue weighted by atomic mass is 32.2. The van der Waals surface area contributed by atoms with Gasteiger partial charge in [-0.1, -0.05) is 18.7 Å². The van der Waals surface area contributed by atoms with Crippen molar-refractivity contribution in [2.75, 3.05) is 19.2 Å². The van der Waals surface area contributed by atoms with E-state index >= 15 is 0 Å². The number of ether oxygens (including phenoxy) is 2. The fourth-order valence-corrected chi connectivity index (χ4v) is 5.78. The van der Waals surface area contributed by atoms with E-state index in [0.29, 0.717) is 6.79 Å². The lowest BCUT2D eigenvalue weighted by molar-refractivity contribution is -0.130. The quantitative estimate of drug-likeness (QED) is 0.601. The Morgan fingerprint density at radius 2 is 2.33 bits per heavy atom. The zero-order valence-corrected chi connectivity index (χ0v) is 15.5. The van der Waals surface area contributed by atoms with E-state index in [1.807, 2.05) is 4.57 Å². The maximum atomic E-state index is 13.1. The van der Waals surface area contributed by atoms with Crippen molar-refractivity contribution in [3.63, 3.8) is 0 Å². The summed E-state index contributed by atoms with van der Waals surface area (Å²) in [5.74, 6) is 0.816. The predicted octanol–water partition coefficient (Wildman–Crippen LogP) is 3.21. The molecule has 1 aliphatic heterocycles. The molecule has 0 bridgehead atoms. The molecule has 0 amide bonds. The summed E-state index contributed by atoms with van der Waals surface area (Å²) in [6, 6.07) is 0. The second-order valence-corrected chi connectivity index (χ2v) is 8.37. The van der Waals surface area contributed by atoms with Crippen LogP contribution < -0.4 is 5.56 Å². The number of fused-ring (bicyclic) bond motifs is 3. The minimum absolute atomic E-state index is 0.150. The number of hydrogen-bond acceptors (Lipinski definition) is 6. The van der Waals surface area contributed by atoms with Gasteiger partial charge >= 0.3 is 0 Å². The monoisotopic (exact) mass is 366 g/mol. The van der Waals surface area contributed by atoms with Crippen LogP contribution in [0.25, 0.3) is 10.2 Å². The van der Waals surface area contributed by atoms with Crippen molar-refractivity contribution >= 4 is 33.3 Å². The van der Waals surface area contributed by atoms with Crippen molar-refractivity contribution in [2.24, 2.45) is 0 Å². The summed E-state index contributed by atoms with van der Waals surface area (Å²) in [6.07, 6.45) is 5.31. The molecule has 1 saturated heterocycles. The van der Waals surface area contributed by atoms with Gasteiger partial charge < -0.3 is 9.47 Å². The zero-order valence-electron chi connectivity index (χ0n) is 13.9. The molecule has 7 heteroatoms. The molecule has 0 aromatic carbocycles. The standard InChI is InChI=1S/C17H22N2O3S2/c1-2-7-19-16(20)14-12-4-3-5-13(12)24-15(14)18-17(19)23-9-11-6-8-21-10-22-11/h11H,2-10H2,1H3/t11-/m0/s1. The third kappa shape index (κ3) is 3.03. The lowest BCUT2D eigenvalue weighted by Crippen LogP contribution is -2.27. The number of thiophene rings is 1. The van der Waals surface area contributed by atoms with Crippen LogP contribution in [-0.4, -0.2) is 34.8 Å². The molecule has 0 spiro atoms. The summed E-state index contributed by atoms with van der Waals surface area (Å²) in [6.45, 7) is 3.95. The Morgan fingerprint density at radius 3 is 3.12 bits per heavy atom. The van der Waals surface area contributed by atoms with E-state index in [4.69, 9.17) is 14.5 Å². The number of aromatic nitrogens is 2. The second-order valence-electron chi connectivity index (χ2n) is 6.30. The van der Waals surface area contributed by atoms with Gasteiger partial charge in [0.2, 0.25) is 0 Å². The number of thioether (sulfide) groups is 1. The Morgan fingerprint density at radius 1 is 1.42 bits per heavy atom. The van der Waals surface area contributed by atoms with Crippen LogP contribution in [0.15, 0.2) is 9.95 Å². The molecule has 0 radical (unpaired) electrons. The van der Waals surface area contributed by atoms with Gasteiger partial charge in [0.05, 0.1) is 18.1 Å². The van der Waals surface area contributed by atoms with Crippen LogP contribution in [0.3, 0.4) is 0 Å². The highest BCUT2D eigenvalue weighted by molar-refractivity contribution is 7.99. The first kappa shape index (κ1) is 16.6. The molecule has 0 saturated carbocycles. The molecule has 1 atom stereocenters. The Labute approximate surface area is 149 Å². The van der Waals surface area contributed by atoms with Crippen LogP contribution in [-0.2, 0) is 28.9 Å². The van der Waals surface area contributed by atoms with Gasteiger partial charge in [-0.25, -0.2) is 4.98 Å². The summed E-state index contributed by atoms with van der Waals surface area (Å²) >= 11 is 3.36. The topological polar surface area (TPSA) is 53.4 Å². The molecule has 2 aromatic rings. The Bertz CT molecular complexity index is 793. The molecular weight excluding hydrogens is 344 g/mol. The molecule has 1 fully saturated rings. The minimum atomic E-state index is 0.150.